The summed E-state index contributed by atoms with van der Waals surface area (Å²) in [6.45, 7) is -2.27. The molecule has 1 N–H and O–H groups in total. The van der Waals surface area contributed by atoms with E-state index in [9.17, 15) is 22.8 Å². The molecule has 0 radical (unpaired) electrons. The molecular weight excluding hydrogens is 291 g/mol. The number of anilines is 1. The van der Waals surface area contributed by atoms with Gasteiger partial charge in [0.05, 0.1) is 0 Å². The van der Waals surface area contributed by atoms with Crippen molar-refractivity contribution in [3.8, 4) is 0 Å². The number of carbonyl (C=O) groups is 2. The molecule has 0 aliphatic rings. The van der Waals surface area contributed by atoms with Crippen LogP contribution < -0.4 is 4.90 Å². The number of hydrogen-bond donors (Lipinski definition) is 1. The molecule has 1 aromatic heterocycles. The Morgan fingerprint density at radius 3 is 2.43 bits per heavy atom. The van der Waals surface area contributed by atoms with Crippen molar-refractivity contribution in [2.45, 2.75) is 6.18 Å². The number of halogens is 3. The number of hydrogen-bond acceptors (Lipinski definition) is 4. The minimum atomic E-state index is -4.57. The van der Waals surface area contributed by atoms with Gasteiger partial charge in [-0.15, -0.1) is 0 Å². The summed E-state index contributed by atoms with van der Waals surface area (Å²) < 4.78 is 37.5. The molecule has 0 fully saturated rings. The molecule has 116 valence electrons. The van der Waals surface area contributed by atoms with Gasteiger partial charge in [0.2, 0.25) is 0 Å². The smallest absolute Gasteiger partial charge is 0.405 e. The average Bonchev–Trinajstić information content (AvgIpc) is 2.35. The quantitative estimate of drug-likeness (QED) is 0.886. The lowest BCUT2D eigenvalue weighted by atomic mass is 10.2. The van der Waals surface area contributed by atoms with E-state index in [4.69, 9.17) is 5.11 Å². The highest BCUT2D eigenvalue weighted by atomic mass is 19.4. The van der Waals surface area contributed by atoms with Gasteiger partial charge in [0.25, 0.3) is 5.91 Å². The maximum absolute atomic E-state index is 12.5. The van der Waals surface area contributed by atoms with E-state index in [2.05, 4.69) is 4.98 Å². The summed E-state index contributed by atoms with van der Waals surface area (Å²) in [4.78, 5) is 28.0. The molecule has 0 saturated heterocycles. The Morgan fingerprint density at radius 1 is 1.33 bits per heavy atom. The third-order valence-corrected chi connectivity index (χ3v) is 2.43. The fraction of sp³-hybridized carbons (Fsp3) is 0.417. The molecule has 1 aromatic rings. The van der Waals surface area contributed by atoms with Gasteiger partial charge < -0.3 is 14.9 Å². The Hall–Kier alpha value is -2.32. The van der Waals surface area contributed by atoms with E-state index in [1.165, 1.54) is 25.1 Å². The largest absolute Gasteiger partial charge is 0.480 e. The standard InChI is InChI=1S/C12H14F3N3O3/c1-17(2)11(21)9-5-8(3-4-16-9)18(6-10(19)20)7-12(13,14)15/h3-5H,6-7H2,1-2H3,(H,19,20). The fourth-order valence-corrected chi connectivity index (χ4v) is 1.58. The Bertz CT molecular complexity index is 532. The summed E-state index contributed by atoms with van der Waals surface area (Å²) in [5.41, 5.74) is -0.0926. The molecule has 0 atom stereocenters. The number of aliphatic carboxylic acids is 1. The molecule has 0 saturated carbocycles. The maximum atomic E-state index is 12.5. The van der Waals surface area contributed by atoms with Crippen LogP contribution in [-0.2, 0) is 4.79 Å². The molecule has 9 heteroatoms. The minimum Gasteiger partial charge on any atom is -0.480 e. The summed E-state index contributed by atoms with van der Waals surface area (Å²) >= 11 is 0. The minimum absolute atomic E-state index is 0.0325. The number of carboxylic acid groups (broad SMARTS) is 1. The summed E-state index contributed by atoms with van der Waals surface area (Å²) in [6, 6.07) is 2.36. The van der Waals surface area contributed by atoms with Crippen molar-refractivity contribution in [3.05, 3.63) is 24.0 Å². The van der Waals surface area contributed by atoms with E-state index in [0.29, 0.717) is 4.90 Å². The van der Waals surface area contributed by atoms with Crippen LogP contribution in [0.15, 0.2) is 18.3 Å². The number of pyridine rings is 1. The Labute approximate surface area is 118 Å². The van der Waals surface area contributed by atoms with Gasteiger partial charge in [0, 0.05) is 26.0 Å². The number of alkyl halides is 3. The van der Waals surface area contributed by atoms with Gasteiger partial charge in [-0.05, 0) is 12.1 Å². The van der Waals surface area contributed by atoms with Crippen molar-refractivity contribution in [1.29, 1.82) is 0 Å². The summed E-state index contributed by atoms with van der Waals surface area (Å²) in [5.74, 6) is -1.89. The highest BCUT2D eigenvalue weighted by Crippen LogP contribution is 2.22. The first-order chi connectivity index (χ1) is 9.60. The van der Waals surface area contributed by atoms with Gasteiger partial charge in [-0.1, -0.05) is 0 Å². The molecule has 1 amide bonds. The molecule has 0 bridgehead atoms. The van der Waals surface area contributed by atoms with Crippen LogP contribution in [0.5, 0.6) is 0 Å². The van der Waals surface area contributed by atoms with Gasteiger partial charge in [0.15, 0.2) is 0 Å². The first kappa shape index (κ1) is 16.7. The van der Waals surface area contributed by atoms with Gasteiger partial charge in [0.1, 0.15) is 18.8 Å². The number of carbonyl (C=O) groups excluding carboxylic acids is 1. The third-order valence-electron chi connectivity index (χ3n) is 2.43. The van der Waals surface area contributed by atoms with Crippen LogP contribution >= 0.6 is 0 Å². The number of amides is 1. The highest BCUT2D eigenvalue weighted by molar-refractivity contribution is 5.92. The predicted molar refractivity (Wildman–Crippen MR) is 68.2 cm³/mol. The van der Waals surface area contributed by atoms with Crippen LogP contribution in [0.2, 0.25) is 0 Å². The zero-order valence-corrected chi connectivity index (χ0v) is 11.4. The SMILES string of the molecule is CN(C)C(=O)c1cc(N(CC(=O)O)CC(F)(F)F)ccn1. The molecule has 6 nitrogen and oxygen atoms in total. The molecule has 0 aromatic carbocycles. The van der Waals surface area contributed by atoms with Crippen LogP contribution in [0, 0.1) is 0 Å². The average molecular weight is 305 g/mol. The number of rotatable bonds is 5. The molecule has 1 rings (SSSR count). The third kappa shape index (κ3) is 5.28. The van der Waals surface area contributed by atoms with E-state index in [-0.39, 0.29) is 11.4 Å². The maximum Gasteiger partial charge on any atom is 0.405 e. The van der Waals surface area contributed by atoms with Crippen molar-refractivity contribution in [3.63, 3.8) is 0 Å². The Kier molecular flexibility index (Phi) is 5.12. The topological polar surface area (TPSA) is 73.7 Å². The number of carboxylic acids is 1. The first-order valence-corrected chi connectivity index (χ1v) is 5.81. The lowest BCUT2D eigenvalue weighted by Crippen LogP contribution is -2.38. The van der Waals surface area contributed by atoms with Crippen LogP contribution in [0.1, 0.15) is 10.5 Å². The summed E-state index contributed by atoms with van der Waals surface area (Å²) in [7, 11) is 2.95. The number of nitrogens with zero attached hydrogens (tertiary/aromatic N) is 3. The Morgan fingerprint density at radius 2 is 1.95 bits per heavy atom. The van der Waals surface area contributed by atoms with Gasteiger partial charge in [-0.25, -0.2) is 0 Å². The normalized spacial score (nSPS) is 11.1. The zero-order valence-electron chi connectivity index (χ0n) is 11.4. The molecule has 21 heavy (non-hydrogen) atoms. The van der Waals surface area contributed by atoms with Crippen LogP contribution in [0.25, 0.3) is 0 Å². The van der Waals surface area contributed by atoms with Gasteiger partial charge in [-0.3, -0.25) is 14.6 Å². The second-order valence-electron chi connectivity index (χ2n) is 4.46. The van der Waals surface area contributed by atoms with Crippen molar-refractivity contribution < 1.29 is 27.9 Å². The van der Waals surface area contributed by atoms with Gasteiger partial charge >= 0.3 is 12.1 Å². The molecular formula is C12H14F3N3O3. The van der Waals surface area contributed by atoms with Crippen molar-refractivity contribution >= 4 is 17.6 Å². The predicted octanol–water partition coefficient (Wildman–Crippen LogP) is 1.24. The Balaban J connectivity index is 3.10. The molecule has 0 spiro atoms. The van der Waals surface area contributed by atoms with Crippen molar-refractivity contribution in [2.75, 3.05) is 32.1 Å². The van der Waals surface area contributed by atoms with Crippen molar-refractivity contribution in [2.24, 2.45) is 0 Å². The van der Waals surface area contributed by atoms with Crippen molar-refractivity contribution in [1.82, 2.24) is 9.88 Å². The summed E-state index contributed by atoms with van der Waals surface area (Å²) in [6.07, 6.45) is -3.40. The van der Waals surface area contributed by atoms with E-state index in [0.717, 1.165) is 12.3 Å². The van der Waals surface area contributed by atoms with Crippen LogP contribution in [-0.4, -0.2) is 60.2 Å². The molecule has 0 aliphatic heterocycles. The molecule has 0 unspecified atom stereocenters. The second kappa shape index (κ2) is 6.42. The monoisotopic (exact) mass is 305 g/mol. The van der Waals surface area contributed by atoms with E-state index >= 15 is 0 Å². The highest BCUT2D eigenvalue weighted by Gasteiger charge is 2.32. The van der Waals surface area contributed by atoms with Crippen LogP contribution in [0.3, 0.4) is 0 Å². The van der Waals surface area contributed by atoms with Crippen LogP contribution in [0.4, 0.5) is 18.9 Å². The fourth-order valence-electron chi connectivity index (χ4n) is 1.58. The van der Waals surface area contributed by atoms with E-state index in [1.807, 2.05) is 0 Å². The lowest BCUT2D eigenvalue weighted by Gasteiger charge is -2.24. The molecule has 0 aliphatic carbocycles. The van der Waals surface area contributed by atoms with E-state index < -0.39 is 31.1 Å². The zero-order chi connectivity index (χ0) is 16.2. The van der Waals surface area contributed by atoms with Gasteiger partial charge in [-0.2, -0.15) is 13.2 Å². The lowest BCUT2D eigenvalue weighted by molar-refractivity contribution is -0.136. The number of aromatic nitrogens is 1. The first-order valence-electron chi connectivity index (χ1n) is 5.81. The van der Waals surface area contributed by atoms with E-state index in [1.54, 1.807) is 0 Å². The molecule has 1 heterocycles. The summed E-state index contributed by atoms with van der Waals surface area (Å²) in [5, 5.41) is 8.71. The second-order valence-corrected chi connectivity index (χ2v) is 4.46.